The Labute approximate surface area is 248 Å². The SMILES string of the molecule is C=C(C)C(=O)O/C(C)=C(\C)Oc1ccc(CCc2ccc(-c3ccc(O/C(C)=C(\C)OC(=O)C(=C)C)cc3)cc2)cc1. The van der Waals surface area contributed by atoms with Crippen LogP contribution in [0.1, 0.15) is 52.7 Å². The van der Waals surface area contributed by atoms with Gasteiger partial charge in [-0.05, 0) is 101 Å². The van der Waals surface area contributed by atoms with E-state index in [1.54, 1.807) is 41.5 Å². The van der Waals surface area contributed by atoms with Gasteiger partial charge in [0.1, 0.15) is 34.5 Å². The van der Waals surface area contributed by atoms with Gasteiger partial charge in [0.05, 0.1) is 0 Å². The van der Waals surface area contributed by atoms with Gasteiger partial charge in [-0.15, -0.1) is 0 Å². The number of hydrogen-bond donors (Lipinski definition) is 0. The summed E-state index contributed by atoms with van der Waals surface area (Å²) in [5.41, 5.74) is 5.29. The fourth-order valence-electron chi connectivity index (χ4n) is 3.69. The highest BCUT2D eigenvalue weighted by atomic mass is 16.6. The molecule has 6 heteroatoms. The van der Waals surface area contributed by atoms with E-state index in [1.807, 2.05) is 48.5 Å². The van der Waals surface area contributed by atoms with Gasteiger partial charge in [0.2, 0.25) is 0 Å². The average Bonchev–Trinajstić information content (AvgIpc) is 2.97. The Kier molecular flexibility index (Phi) is 11.1. The topological polar surface area (TPSA) is 71.1 Å². The molecule has 0 aliphatic carbocycles. The summed E-state index contributed by atoms with van der Waals surface area (Å²) in [5, 5.41) is 0. The first kappa shape index (κ1) is 31.7. The number of allylic oxidation sites excluding steroid dienone is 4. The lowest BCUT2D eigenvalue weighted by Gasteiger charge is -2.11. The van der Waals surface area contributed by atoms with E-state index < -0.39 is 11.9 Å². The van der Waals surface area contributed by atoms with Crippen molar-refractivity contribution in [2.45, 2.75) is 54.4 Å². The number of aryl methyl sites for hydroxylation is 2. The smallest absolute Gasteiger partial charge is 0.338 e. The maximum Gasteiger partial charge on any atom is 0.338 e. The lowest BCUT2D eigenvalue weighted by Crippen LogP contribution is -2.06. The molecule has 6 nitrogen and oxygen atoms in total. The van der Waals surface area contributed by atoms with Crippen LogP contribution in [0.15, 0.2) is 120 Å². The molecule has 0 unspecified atom stereocenters. The molecule has 0 aromatic heterocycles. The molecule has 0 amide bonds. The Morgan fingerprint density at radius 2 is 0.810 bits per heavy atom. The standard InChI is InChI=1S/C36H38O6/c1-23(2)35(37)41-27(7)25(5)39-33-19-13-30(14-20-33)10-9-29-11-15-31(16-12-29)32-17-21-34(22-18-32)40-26(6)28(8)42-36(38)24(3)4/h11-22H,1,3,9-10H2,2,4-8H3/b27-25+,28-26+. The molecule has 0 bridgehead atoms. The molecule has 0 spiro atoms. The van der Waals surface area contributed by atoms with Crippen LogP contribution in [-0.2, 0) is 31.9 Å². The fraction of sp³-hybridized carbons (Fsp3) is 0.222. The molecule has 42 heavy (non-hydrogen) atoms. The molecule has 0 saturated carbocycles. The fourth-order valence-corrected chi connectivity index (χ4v) is 3.69. The number of carbonyl (C=O) groups is 2. The summed E-state index contributed by atoms with van der Waals surface area (Å²) in [4.78, 5) is 23.4. The van der Waals surface area contributed by atoms with Crippen LogP contribution in [0.4, 0.5) is 0 Å². The van der Waals surface area contributed by atoms with Crippen LogP contribution in [0.25, 0.3) is 11.1 Å². The number of hydrogen-bond acceptors (Lipinski definition) is 6. The van der Waals surface area contributed by atoms with Gasteiger partial charge in [0.25, 0.3) is 0 Å². The molecule has 0 aliphatic rings. The summed E-state index contributed by atoms with van der Waals surface area (Å²) in [6.45, 7) is 17.3. The van der Waals surface area contributed by atoms with Crippen LogP contribution in [0.5, 0.6) is 11.5 Å². The number of rotatable bonds is 12. The minimum atomic E-state index is -0.475. The molecule has 0 atom stereocenters. The number of carbonyl (C=O) groups excluding carboxylic acids is 2. The highest BCUT2D eigenvalue weighted by molar-refractivity contribution is 5.88. The predicted molar refractivity (Wildman–Crippen MR) is 166 cm³/mol. The van der Waals surface area contributed by atoms with Crippen LogP contribution in [0, 0.1) is 0 Å². The van der Waals surface area contributed by atoms with Gasteiger partial charge < -0.3 is 18.9 Å². The van der Waals surface area contributed by atoms with E-state index in [0.717, 1.165) is 24.0 Å². The molecule has 0 radical (unpaired) electrons. The predicted octanol–water partition coefficient (Wildman–Crippen LogP) is 8.64. The van der Waals surface area contributed by atoms with Crippen molar-refractivity contribution < 1.29 is 28.5 Å². The van der Waals surface area contributed by atoms with Gasteiger partial charge >= 0.3 is 11.9 Å². The Morgan fingerprint density at radius 3 is 1.17 bits per heavy atom. The minimum Gasteiger partial charge on any atom is -0.459 e. The molecular formula is C36H38O6. The van der Waals surface area contributed by atoms with Crippen LogP contribution in [0.2, 0.25) is 0 Å². The lowest BCUT2D eigenvalue weighted by atomic mass is 10.0. The van der Waals surface area contributed by atoms with Gasteiger partial charge in [-0.2, -0.15) is 0 Å². The van der Waals surface area contributed by atoms with Gasteiger partial charge in [0, 0.05) is 11.1 Å². The largest absolute Gasteiger partial charge is 0.459 e. The summed E-state index contributed by atoms with van der Waals surface area (Å²) < 4.78 is 22.1. The van der Waals surface area contributed by atoms with Crippen molar-refractivity contribution in [3.05, 3.63) is 131 Å². The van der Waals surface area contributed by atoms with E-state index in [4.69, 9.17) is 18.9 Å². The first-order valence-corrected chi connectivity index (χ1v) is 13.7. The molecule has 0 N–H and O–H groups in total. The maximum atomic E-state index is 11.7. The van der Waals surface area contributed by atoms with Crippen molar-refractivity contribution in [3.8, 4) is 22.6 Å². The zero-order chi connectivity index (χ0) is 30.8. The summed E-state index contributed by atoms with van der Waals surface area (Å²) in [7, 11) is 0. The Bertz CT molecular complexity index is 1500. The van der Waals surface area contributed by atoms with E-state index in [-0.39, 0.29) is 0 Å². The van der Waals surface area contributed by atoms with Crippen LogP contribution < -0.4 is 9.47 Å². The maximum absolute atomic E-state index is 11.7. The first-order valence-electron chi connectivity index (χ1n) is 13.7. The molecular weight excluding hydrogens is 528 g/mol. The number of esters is 2. The Balaban J connectivity index is 1.53. The van der Waals surface area contributed by atoms with Gasteiger partial charge in [-0.3, -0.25) is 0 Å². The summed E-state index contributed by atoms with van der Waals surface area (Å²) in [6.07, 6.45) is 1.80. The quantitative estimate of drug-likeness (QED) is 0.124. The summed E-state index contributed by atoms with van der Waals surface area (Å²) >= 11 is 0. The number of ether oxygens (including phenoxy) is 4. The van der Waals surface area contributed by atoms with Crippen LogP contribution in [0.3, 0.4) is 0 Å². The Hall–Kier alpha value is -4.84. The second-order valence-electron chi connectivity index (χ2n) is 10.1. The van der Waals surface area contributed by atoms with E-state index in [9.17, 15) is 9.59 Å². The van der Waals surface area contributed by atoms with E-state index >= 15 is 0 Å². The average molecular weight is 567 g/mol. The molecule has 0 heterocycles. The van der Waals surface area contributed by atoms with E-state index in [1.165, 1.54) is 11.1 Å². The molecule has 0 saturated heterocycles. The second kappa shape index (κ2) is 14.7. The van der Waals surface area contributed by atoms with Crippen LogP contribution >= 0.6 is 0 Å². The third kappa shape index (κ3) is 9.37. The van der Waals surface area contributed by atoms with Crippen molar-refractivity contribution in [2.24, 2.45) is 0 Å². The van der Waals surface area contributed by atoms with E-state index in [0.29, 0.717) is 45.7 Å². The van der Waals surface area contributed by atoms with Crippen LogP contribution in [-0.4, -0.2) is 11.9 Å². The molecule has 218 valence electrons. The van der Waals surface area contributed by atoms with Gasteiger partial charge in [-0.1, -0.05) is 61.7 Å². The van der Waals surface area contributed by atoms with Gasteiger partial charge in [0.15, 0.2) is 0 Å². The first-order chi connectivity index (χ1) is 19.9. The third-order valence-electron chi connectivity index (χ3n) is 6.49. The molecule has 0 fully saturated rings. The lowest BCUT2D eigenvalue weighted by molar-refractivity contribution is -0.136. The number of benzene rings is 3. The molecule has 0 aliphatic heterocycles. The summed E-state index contributed by atoms with van der Waals surface area (Å²) in [6, 6.07) is 24.2. The van der Waals surface area contributed by atoms with Crippen molar-refractivity contribution in [2.75, 3.05) is 0 Å². The zero-order valence-corrected chi connectivity index (χ0v) is 25.2. The molecule has 3 aromatic rings. The normalized spacial score (nSPS) is 12.0. The van der Waals surface area contributed by atoms with Crippen molar-refractivity contribution in [1.29, 1.82) is 0 Å². The zero-order valence-electron chi connectivity index (χ0n) is 25.2. The third-order valence-corrected chi connectivity index (χ3v) is 6.49. The summed E-state index contributed by atoms with van der Waals surface area (Å²) in [5.74, 6) is 2.21. The Morgan fingerprint density at radius 1 is 0.500 bits per heavy atom. The highest BCUT2D eigenvalue weighted by Crippen LogP contribution is 2.25. The van der Waals surface area contributed by atoms with Crippen molar-refractivity contribution in [3.63, 3.8) is 0 Å². The molecule has 3 aromatic carbocycles. The minimum absolute atomic E-state index is 0.332. The van der Waals surface area contributed by atoms with Crippen molar-refractivity contribution in [1.82, 2.24) is 0 Å². The van der Waals surface area contributed by atoms with Crippen molar-refractivity contribution >= 4 is 11.9 Å². The second-order valence-corrected chi connectivity index (χ2v) is 10.1. The molecule has 3 rings (SSSR count). The van der Waals surface area contributed by atoms with E-state index in [2.05, 4.69) is 37.4 Å². The monoisotopic (exact) mass is 566 g/mol. The highest BCUT2D eigenvalue weighted by Gasteiger charge is 2.10. The van der Waals surface area contributed by atoms with Gasteiger partial charge in [-0.25, -0.2) is 9.59 Å².